The van der Waals surface area contributed by atoms with Gasteiger partial charge in [0.1, 0.15) is 33.0 Å². The molecule has 6 nitrogen and oxygen atoms in total. The van der Waals surface area contributed by atoms with Gasteiger partial charge in [-0.25, -0.2) is 14.4 Å². The molecule has 5 aromatic rings. The van der Waals surface area contributed by atoms with E-state index < -0.39 is 0 Å². The first-order valence-electron chi connectivity index (χ1n) is 10.3. The third-order valence-corrected chi connectivity index (χ3v) is 6.99. The summed E-state index contributed by atoms with van der Waals surface area (Å²) in [6, 6.07) is 13.7. The van der Waals surface area contributed by atoms with Gasteiger partial charge in [-0.2, -0.15) is 0 Å². The number of imidazole rings is 1. The van der Waals surface area contributed by atoms with Crippen LogP contribution in [0, 0.1) is 12.7 Å². The third-order valence-electron chi connectivity index (χ3n) is 5.03. The van der Waals surface area contributed by atoms with Gasteiger partial charge in [-0.1, -0.05) is 0 Å². The zero-order valence-corrected chi connectivity index (χ0v) is 19.5. The Balaban J connectivity index is 1.46. The minimum Gasteiger partial charge on any atom is -0.494 e. The minimum atomic E-state index is -0.326. The maximum absolute atomic E-state index is 13.4. The Labute approximate surface area is 197 Å². The number of benzene rings is 2. The summed E-state index contributed by atoms with van der Waals surface area (Å²) in [6.07, 6.45) is 1.85. The van der Waals surface area contributed by atoms with Crippen molar-refractivity contribution in [1.82, 2.24) is 14.4 Å². The fourth-order valence-corrected chi connectivity index (χ4v) is 5.15. The largest absolute Gasteiger partial charge is 0.494 e. The summed E-state index contributed by atoms with van der Waals surface area (Å²) in [6.45, 7) is 4.36. The molecule has 3 aromatic heterocycles. The zero-order valence-electron chi connectivity index (χ0n) is 17.8. The van der Waals surface area contributed by atoms with E-state index in [4.69, 9.17) is 4.74 Å². The molecular formula is C24H19FN4O2S2. The molecule has 0 saturated heterocycles. The Morgan fingerprint density at radius 3 is 2.55 bits per heavy atom. The highest BCUT2D eigenvalue weighted by Crippen LogP contribution is 2.33. The van der Waals surface area contributed by atoms with Gasteiger partial charge in [-0.15, -0.1) is 22.7 Å². The van der Waals surface area contributed by atoms with Crippen molar-refractivity contribution >= 4 is 39.4 Å². The van der Waals surface area contributed by atoms with E-state index in [0.29, 0.717) is 28.7 Å². The molecule has 0 aliphatic carbocycles. The second-order valence-corrected chi connectivity index (χ2v) is 9.09. The lowest BCUT2D eigenvalue weighted by Gasteiger charge is -2.06. The van der Waals surface area contributed by atoms with Crippen molar-refractivity contribution in [3.63, 3.8) is 0 Å². The van der Waals surface area contributed by atoms with Gasteiger partial charge in [0.15, 0.2) is 4.96 Å². The first-order chi connectivity index (χ1) is 16.0. The number of carbonyl (C=O) groups is 1. The Morgan fingerprint density at radius 1 is 1.09 bits per heavy atom. The number of rotatable bonds is 6. The molecule has 33 heavy (non-hydrogen) atoms. The normalized spacial score (nSPS) is 11.1. The standard InChI is InChI=1S/C24H19FN4O2S2/c1-3-31-18-10-6-16(7-11-18)23-26-14(2)20(33-23)22(30)28-21-19(15-4-8-17(25)9-5-15)27-24-29(21)12-13-32-24/h4-13H,3H2,1-2H3,(H,28,30). The van der Waals surface area contributed by atoms with Crippen LogP contribution in [0.15, 0.2) is 60.1 Å². The van der Waals surface area contributed by atoms with Crippen LogP contribution in [0.25, 0.3) is 26.8 Å². The summed E-state index contributed by atoms with van der Waals surface area (Å²) < 4.78 is 20.7. The lowest BCUT2D eigenvalue weighted by molar-refractivity contribution is 0.102. The number of hydrogen-bond acceptors (Lipinski definition) is 6. The number of aromatic nitrogens is 3. The van der Waals surface area contributed by atoms with Crippen molar-refractivity contribution in [2.24, 2.45) is 0 Å². The highest BCUT2D eigenvalue weighted by Gasteiger charge is 2.21. The molecule has 1 amide bonds. The van der Waals surface area contributed by atoms with Crippen LogP contribution < -0.4 is 10.1 Å². The monoisotopic (exact) mass is 478 g/mol. The molecule has 0 radical (unpaired) electrons. The molecule has 0 unspecified atom stereocenters. The summed E-state index contributed by atoms with van der Waals surface area (Å²) in [5.41, 5.74) is 2.88. The number of halogens is 1. The van der Waals surface area contributed by atoms with Crippen molar-refractivity contribution in [2.75, 3.05) is 11.9 Å². The van der Waals surface area contributed by atoms with E-state index in [1.165, 1.54) is 34.8 Å². The maximum Gasteiger partial charge on any atom is 0.268 e. The van der Waals surface area contributed by atoms with Crippen LogP contribution in [0.1, 0.15) is 22.3 Å². The Bertz CT molecular complexity index is 1440. The molecule has 2 aromatic carbocycles. The third kappa shape index (κ3) is 4.12. The summed E-state index contributed by atoms with van der Waals surface area (Å²) >= 11 is 2.79. The minimum absolute atomic E-state index is 0.265. The summed E-state index contributed by atoms with van der Waals surface area (Å²) in [5, 5.41) is 5.66. The molecule has 3 heterocycles. The van der Waals surface area contributed by atoms with Gasteiger partial charge in [-0.05, 0) is 62.4 Å². The van der Waals surface area contributed by atoms with Gasteiger partial charge < -0.3 is 10.1 Å². The molecule has 0 aliphatic rings. The second-order valence-electron chi connectivity index (χ2n) is 7.22. The Hall–Kier alpha value is -3.56. The highest BCUT2D eigenvalue weighted by atomic mass is 32.1. The number of amides is 1. The topological polar surface area (TPSA) is 68.5 Å². The van der Waals surface area contributed by atoms with Crippen LogP contribution in [0.5, 0.6) is 5.75 Å². The van der Waals surface area contributed by atoms with E-state index >= 15 is 0 Å². The number of thiazole rings is 2. The molecule has 0 fully saturated rings. The van der Waals surface area contributed by atoms with Crippen molar-refractivity contribution in [2.45, 2.75) is 13.8 Å². The van der Waals surface area contributed by atoms with Gasteiger partial charge in [0.2, 0.25) is 0 Å². The summed E-state index contributed by atoms with van der Waals surface area (Å²) in [7, 11) is 0. The number of carbonyl (C=O) groups excluding carboxylic acids is 1. The maximum atomic E-state index is 13.4. The van der Waals surface area contributed by atoms with Crippen LogP contribution in [0.2, 0.25) is 0 Å². The molecule has 0 atom stereocenters. The van der Waals surface area contributed by atoms with Crippen LogP contribution in [-0.4, -0.2) is 26.9 Å². The number of nitrogens with one attached hydrogen (secondary N) is 1. The van der Waals surface area contributed by atoms with Crippen molar-refractivity contribution in [3.8, 4) is 27.6 Å². The Kier molecular flexibility index (Phi) is 5.65. The SMILES string of the molecule is CCOc1ccc(-c2nc(C)c(C(=O)Nc3c(-c4ccc(F)cc4)nc4sccn34)s2)cc1. The van der Waals surface area contributed by atoms with E-state index in [0.717, 1.165) is 26.8 Å². The predicted octanol–water partition coefficient (Wildman–Crippen LogP) is 6.28. The van der Waals surface area contributed by atoms with Gasteiger partial charge >= 0.3 is 0 Å². The molecule has 0 saturated carbocycles. The number of aryl methyl sites for hydroxylation is 1. The average Bonchev–Trinajstić information content (AvgIpc) is 3.51. The summed E-state index contributed by atoms with van der Waals surface area (Å²) in [5.74, 6) is 0.741. The van der Waals surface area contributed by atoms with Crippen LogP contribution in [0.3, 0.4) is 0 Å². The number of fused-ring (bicyclic) bond motifs is 1. The van der Waals surface area contributed by atoms with Gasteiger partial charge in [-0.3, -0.25) is 9.20 Å². The smallest absolute Gasteiger partial charge is 0.268 e. The number of ether oxygens (including phenoxy) is 1. The van der Waals surface area contributed by atoms with Crippen molar-refractivity contribution in [3.05, 3.63) is 76.5 Å². The van der Waals surface area contributed by atoms with Crippen molar-refractivity contribution < 1.29 is 13.9 Å². The molecule has 1 N–H and O–H groups in total. The molecule has 5 rings (SSSR count). The van der Waals surface area contributed by atoms with Gasteiger partial charge in [0.05, 0.1) is 12.3 Å². The first kappa shape index (κ1) is 21.3. The molecule has 0 spiro atoms. The molecule has 166 valence electrons. The number of nitrogens with zero attached hydrogens (tertiary/aromatic N) is 3. The fourth-order valence-electron chi connectivity index (χ4n) is 3.47. The van der Waals surface area contributed by atoms with Crippen LogP contribution in [0.4, 0.5) is 10.2 Å². The molecular weight excluding hydrogens is 459 g/mol. The Morgan fingerprint density at radius 2 is 1.82 bits per heavy atom. The first-order valence-corrected chi connectivity index (χ1v) is 12.0. The van der Waals surface area contributed by atoms with E-state index in [-0.39, 0.29) is 11.7 Å². The average molecular weight is 479 g/mol. The van der Waals surface area contributed by atoms with Crippen LogP contribution in [-0.2, 0) is 0 Å². The van der Waals surface area contributed by atoms with E-state index in [2.05, 4.69) is 15.3 Å². The molecule has 0 bridgehead atoms. The van der Waals surface area contributed by atoms with Crippen LogP contribution >= 0.6 is 22.7 Å². The molecule has 9 heteroatoms. The quantitative estimate of drug-likeness (QED) is 0.312. The lowest BCUT2D eigenvalue weighted by Crippen LogP contribution is -2.13. The number of anilines is 1. The molecule has 0 aliphatic heterocycles. The van der Waals surface area contributed by atoms with E-state index in [1.807, 2.05) is 54.1 Å². The number of hydrogen-bond donors (Lipinski definition) is 1. The predicted molar refractivity (Wildman–Crippen MR) is 130 cm³/mol. The second kappa shape index (κ2) is 8.76. The summed E-state index contributed by atoms with van der Waals surface area (Å²) in [4.78, 5) is 23.8. The highest BCUT2D eigenvalue weighted by molar-refractivity contribution is 7.17. The fraction of sp³-hybridized carbons (Fsp3) is 0.125. The zero-order chi connectivity index (χ0) is 22.9. The van der Waals surface area contributed by atoms with Gasteiger partial charge in [0.25, 0.3) is 5.91 Å². The van der Waals surface area contributed by atoms with Gasteiger partial charge in [0, 0.05) is 22.7 Å². The van der Waals surface area contributed by atoms with Crippen molar-refractivity contribution in [1.29, 1.82) is 0 Å². The lowest BCUT2D eigenvalue weighted by atomic mass is 10.1. The van der Waals surface area contributed by atoms with E-state index in [1.54, 1.807) is 12.1 Å². The van der Waals surface area contributed by atoms with E-state index in [9.17, 15) is 9.18 Å².